The van der Waals surface area contributed by atoms with Crippen molar-refractivity contribution in [2.45, 2.75) is 111 Å². The Balaban J connectivity index is 1.61. The summed E-state index contributed by atoms with van der Waals surface area (Å²) in [5.41, 5.74) is -3.35. The Morgan fingerprint density at radius 3 is 2.27 bits per heavy atom. The second kappa shape index (κ2) is 8.99. The first kappa shape index (κ1) is 30.4. The summed E-state index contributed by atoms with van der Waals surface area (Å²) in [5.74, 6) is -1.48. The Hall–Kier alpha value is -1.04. The highest BCUT2D eigenvalue weighted by molar-refractivity contribution is 7.80. The summed E-state index contributed by atoms with van der Waals surface area (Å²) in [4.78, 5) is 12.9. The summed E-state index contributed by atoms with van der Waals surface area (Å²) in [5, 5.41) is 44.8. The largest absolute Gasteiger partial charge is 0.481 e. The number of carboxylic acid groups (broad SMARTS) is 1. The third-order valence-electron chi connectivity index (χ3n) is 13.8. The standard InChI is InChI=1S/C30H48O9S/c1-17-9-12-30(24(33)34)14-13-27(4)18(22(30)29(17,6)35)7-8-21-25(2)15-19(31)23(32)26(3,16-39-40(36,37)38)20(25)10-11-28(21,27)5/h7,17,19-23,31-32,35H,8-16H2,1-6H3,(H,33,34)(H,36,37,38)/t17-,19-,20-,21-,22-,23+,25+,26+,27-,28-,29-,30+/m1/s1. The lowest BCUT2D eigenvalue weighted by Gasteiger charge is -2.72. The van der Waals surface area contributed by atoms with Crippen molar-refractivity contribution in [3.63, 3.8) is 0 Å². The van der Waals surface area contributed by atoms with E-state index in [0.29, 0.717) is 44.9 Å². The molecule has 4 saturated carbocycles. The molecule has 228 valence electrons. The van der Waals surface area contributed by atoms with Crippen molar-refractivity contribution < 1.29 is 42.4 Å². The predicted octanol–water partition coefficient (Wildman–Crippen LogP) is 3.97. The molecule has 5 rings (SSSR count). The first-order chi connectivity index (χ1) is 18.2. The lowest BCUT2D eigenvalue weighted by molar-refractivity contribution is -0.245. The second-order valence-corrected chi connectivity index (χ2v) is 16.4. The summed E-state index contributed by atoms with van der Waals surface area (Å²) in [6.07, 6.45) is 4.69. The lowest BCUT2D eigenvalue weighted by atomic mass is 9.33. The van der Waals surface area contributed by atoms with Gasteiger partial charge in [0, 0.05) is 11.3 Å². The molecule has 5 N–H and O–H groups in total. The van der Waals surface area contributed by atoms with E-state index in [1.165, 1.54) is 0 Å². The van der Waals surface area contributed by atoms with E-state index in [-0.39, 0.29) is 28.6 Å². The maximum absolute atomic E-state index is 12.9. The fourth-order valence-corrected chi connectivity index (χ4v) is 11.6. The van der Waals surface area contributed by atoms with E-state index in [0.717, 1.165) is 12.0 Å². The van der Waals surface area contributed by atoms with E-state index in [9.17, 15) is 38.2 Å². The first-order valence-corrected chi connectivity index (χ1v) is 16.2. The molecule has 5 aliphatic carbocycles. The zero-order valence-electron chi connectivity index (χ0n) is 24.7. The van der Waals surface area contributed by atoms with Gasteiger partial charge < -0.3 is 20.4 Å². The maximum Gasteiger partial charge on any atom is 0.397 e. The molecule has 40 heavy (non-hydrogen) atoms. The number of fused-ring (bicyclic) bond motifs is 7. The molecule has 10 heteroatoms. The van der Waals surface area contributed by atoms with Crippen LogP contribution in [0.2, 0.25) is 0 Å². The van der Waals surface area contributed by atoms with Gasteiger partial charge in [-0.1, -0.05) is 46.3 Å². The highest BCUT2D eigenvalue weighted by atomic mass is 32.3. The molecule has 0 aromatic rings. The van der Waals surface area contributed by atoms with E-state index in [4.69, 9.17) is 4.18 Å². The zero-order valence-corrected chi connectivity index (χ0v) is 25.5. The molecule has 0 aromatic carbocycles. The molecule has 0 radical (unpaired) electrons. The molecule has 0 aromatic heterocycles. The van der Waals surface area contributed by atoms with Crippen molar-refractivity contribution in [3.05, 3.63) is 11.6 Å². The van der Waals surface area contributed by atoms with Crippen LogP contribution in [-0.4, -0.2) is 63.8 Å². The average Bonchev–Trinajstić information content (AvgIpc) is 2.83. The quantitative estimate of drug-likeness (QED) is 0.243. The van der Waals surface area contributed by atoms with Gasteiger partial charge >= 0.3 is 16.4 Å². The van der Waals surface area contributed by atoms with Crippen molar-refractivity contribution in [2.24, 2.45) is 50.7 Å². The predicted molar refractivity (Wildman–Crippen MR) is 147 cm³/mol. The molecule has 0 bridgehead atoms. The molecule has 0 saturated heterocycles. The molecule has 4 fully saturated rings. The molecular formula is C30H48O9S. The Kier molecular flexibility index (Phi) is 6.83. The highest BCUT2D eigenvalue weighted by Gasteiger charge is 2.72. The zero-order chi connectivity index (χ0) is 29.9. The number of rotatable bonds is 4. The van der Waals surface area contributed by atoms with Crippen LogP contribution in [0.4, 0.5) is 0 Å². The van der Waals surface area contributed by atoms with Gasteiger partial charge in [-0.25, -0.2) is 4.18 Å². The van der Waals surface area contributed by atoms with Crippen LogP contribution in [-0.2, 0) is 19.4 Å². The molecule has 0 spiro atoms. The fraction of sp³-hybridized carbons (Fsp3) is 0.900. The van der Waals surface area contributed by atoms with E-state index in [1.54, 1.807) is 6.92 Å². The van der Waals surface area contributed by atoms with Gasteiger partial charge in [0.05, 0.1) is 29.8 Å². The lowest BCUT2D eigenvalue weighted by Crippen LogP contribution is -2.69. The molecule has 0 aliphatic heterocycles. The first-order valence-electron chi connectivity index (χ1n) is 14.8. The summed E-state index contributed by atoms with van der Waals surface area (Å²) >= 11 is 0. The summed E-state index contributed by atoms with van der Waals surface area (Å²) in [6, 6.07) is 0. The number of aliphatic hydroxyl groups excluding tert-OH is 2. The molecule has 9 nitrogen and oxygen atoms in total. The van der Waals surface area contributed by atoms with Crippen LogP contribution in [0.15, 0.2) is 11.6 Å². The molecule has 5 aliphatic rings. The van der Waals surface area contributed by atoms with Gasteiger partial charge in [-0.2, -0.15) is 8.42 Å². The number of carbonyl (C=O) groups is 1. The molecule has 0 amide bonds. The van der Waals surface area contributed by atoms with Gasteiger partial charge in [-0.3, -0.25) is 9.35 Å². The van der Waals surface area contributed by atoms with E-state index >= 15 is 0 Å². The summed E-state index contributed by atoms with van der Waals surface area (Å²) in [7, 11) is -4.73. The number of allylic oxidation sites excluding steroid dienone is 1. The smallest absolute Gasteiger partial charge is 0.397 e. The van der Waals surface area contributed by atoms with Crippen molar-refractivity contribution in [3.8, 4) is 0 Å². The highest BCUT2D eigenvalue weighted by Crippen LogP contribution is 2.76. The van der Waals surface area contributed by atoms with E-state index in [1.807, 2.05) is 13.8 Å². The summed E-state index contributed by atoms with van der Waals surface area (Å²) in [6.45, 7) is 11.8. The Bertz CT molecular complexity index is 1210. The molecular weight excluding hydrogens is 536 g/mol. The van der Waals surface area contributed by atoms with Crippen molar-refractivity contribution >= 4 is 16.4 Å². The average molecular weight is 585 g/mol. The third kappa shape index (κ3) is 3.81. The minimum atomic E-state index is -4.73. The normalized spacial score (nSPS) is 54.3. The minimum absolute atomic E-state index is 0.0366. The SMILES string of the molecule is C[C@@H]1CC[C@]2(C(=O)O)CC[C@]3(C)C(=CC[C@@H]4[C@@]5(C)C[C@@H](O)[C@H](O)[C@@](C)(COS(=O)(=O)O)[C@@H]5CC[C@]43C)[C@@H]2[C@]1(C)O. The van der Waals surface area contributed by atoms with Gasteiger partial charge in [-0.15, -0.1) is 0 Å². The number of aliphatic hydroxyl groups is 3. The topological polar surface area (TPSA) is 162 Å². The molecule has 12 atom stereocenters. The van der Waals surface area contributed by atoms with Crippen LogP contribution in [0, 0.1) is 50.7 Å². The van der Waals surface area contributed by atoms with Gasteiger partial charge in [0.1, 0.15) is 0 Å². The van der Waals surface area contributed by atoms with Crippen molar-refractivity contribution in [2.75, 3.05) is 6.61 Å². The number of hydrogen-bond acceptors (Lipinski definition) is 7. The van der Waals surface area contributed by atoms with E-state index in [2.05, 4.69) is 26.8 Å². The molecule has 0 unspecified atom stereocenters. The van der Waals surface area contributed by atoms with Crippen LogP contribution < -0.4 is 0 Å². The van der Waals surface area contributed by atoms with Crippen LogP contribution >= 0.6 is 0 Å². The van der Waals surface area contributed by atoms with Crippen LogP contribution in [0.1, 0.15) is 92.9 Å². The van der Waals surface area contributed by atoms with Crippen LogP contribution in [0.5, 0.6) is 0 Å². The Morgan fingerprint density at radius 2 is 1.68 bits per heavy atom. The maximum atomic E-state index is 12.9. The van der Waals surface area contributed by atoms with Gasteiger partial charge in [0.25, 0.3) is 0 Å². The number of aliphatic carboxylic acids is 1. The van der Waals surface area contributed by atoms with Gasteiger partial charge in [0.15, 0.2) is 0 Å². The van der Waals surface area contributed by atoms with E-state index < -0.39 is 62.9 Å². The minimum Gasteiger partial charge on any atom is -0.481 e. The summed E-state index contributed by atoms with van der Waals surface area (Å²) < 4.78 is 37.2. The Morgan fingerprint density at radius 1 is 1.02 bits per heavy atom. The van der Waals surface area contributed by atoms with Gasteiger partial charge in [-0.05, 0) is 92.3 Å². The third-order valence-corrected chi connectivity index (χ3v) is 14.2. The fourth-order valence-electron chi connectivity index (χ4n) is 11.2. The molecule has 0 heterocycles. The van der Waals surface area contributed by atoms with Crippen LogP contribution in [0.25, 0.3) is 0 Å². The number of hydrogen-bond donors (Lipinski definition) is 5. The number of carboxylic acids is 1. The second-order valence-electron chi connectivity index (χ2n) is 15.3. The van der Waals surface area contributed by atoms with Crippen molar-refractivity contribution in [1.29, 1.82) is 0 Å². The van der Waals surface area contributed by atoms with Crippen molar-refractivity contribution in [1.82, 2.24) is 0 Å². The van der Waals surface area contributed by atoms with Crippen LogP contribution in [0.3, 0.4) is 0 Å². The van der Waals surface area contributed by atoms with Gasteiger partial charge in [0.2, 0.25) is 0 Å². The monoisotopic (exact) mass is 584 g/mol. The Labute approximate surface area is 238 Å².